The molecule has 0 fully saturated rings. The minimum atomic E-state index is 0.198. The van der Waals surface area contributed by atoms with Gasteiger partial charge in [0.25, 0.3) is 0 Å². The Morgan fingerprint density at radius 1 is 1.24 bits per heavy atom. The number of nitrogens with one attached hydrogen (secondary N) is 1. The number of hydrogen-bond donors (Lipinski definition) is 1. The van der Waals surface area contributed by atoms with Gasteiger partial charge in [-0.3, -0.25) is 4.98 Å². The molecule has 0 saturated carbocycles. The zero-order chi connectivity index (χ0) is 12.9. The molecule has 98 valence electrons. The van der Waals surface area contributed by atoms with E-state index in [2.05, 4.69) is 44.9 Å². The van der Waals surface area contributed by atoms with Gasteiger partial charge in [0.1, 0.15) is 0 Å². The van der Waals surface area contributed by atoms with E-state index in [1.807, 2.05) is 11.7 Å². The van der Waals surface area contributed by atoms with Crippen molar-refractivity contribution in [2.24, 2.45) is 5.41 Å². The lowest BCUT2D eigenvalue weighted by atomic mass is 9.78. The summed E-state index contributed by atoms with van der Waals surface area (Å²) in [4.78, 5) is 5.59. The Morgan fingerprint density at radius 3 is 2.29 bits per heavy atom. The van der Waals surface area contributed by atoms with Crippen molar-refractivity contribution in [2.75, 3.05) is 6.54 Å². The highest BCUT2D eigenvalue weighted by Gasteiger charge is 2.28. The molecule has 0 aliphatic rings. The van der Waals surface area contributed by atoms with Gasteiger partial charge in [0.2, 0.25) is 0 Å². The topological polar surface area (TPSA) is 24.9 Å². The molecule has 0 aromatic carbocycles. The highest BCUT2D eigenvalue weighted by molar-refractivity contribution is 7.09. The van der Waals surface area contributed by atoms with Gasteiger partial charge < -0.3 is 5.32 Å². The molecule has 1 rings (SSSR count). The lowest BCUT2D eigenvalue weighted by Gasteiger charge is -2.35. The molecular weight excluding hydrogens is 228 g/mol. The van der Waals surface area contributed by atoms with Crippen molar-refractivity contribution in [3.8, 4) is 0 Å². The van der Waals surface area contributed by atoms with Crippen LogP contribution in [0.2, 0.25) is 0 Å². The first-order valence-electron chi connectivity index (χ1n) is 6.53. The van der Waals surface area contributed by atoms with E-state index in [4.69, 9.17) is 0 Å². The van der Waals surface area contributed by atoms with Gasteiger partial charge in [-0.05, 0) is 45.4 Å². The molecule has 0 atom stereocenters. The van der Waals surface area contributed by atoms with Gasteiger partial charge in [-0.25, -0.2) is 0 Å². The lowest BCUT2D eigenvalue weighted by Crippen LogP contribution is -2.44. The maximum atomic E-state index is 4.18. The molecule has 0 radical (unpaired) electrons. The van der Waals surface area contributed by atoms with Crippen LogP contribution in [0.15, 0.2) is 11.7 Å². The van der Waals surface area contributed by atoms with Gasteiger partial charge in [-0.1, -0.05) is 13.8 Å². The van der Waals surface area contributed by atoms with Crippen molar-refractivity contribution >= 4 is 11.3 Å². The monoisotopic (exact) mass is 254 g/mol. The molecule has 0 unspecified atom stereocenters. The summed E-state index contributed by atoms with van der Waals surface area (Å²) in [7, 11) is 0. The highest BCUT2D eigenvalue weighted by atomic mass is 32.1. The summed E-state index contributed by atoms with van der Waals surface area (Å²) < 4.78 is 0. The average molecular weight is 254 g/mol. The fourth-order valence-electron chi connectivity index (χ4n) is 1.96. The normalized spacial score (nSPS) is 13.0. The summed E-state index contributed by atoms with van der Waals surface area (Å²) in [5.74, 6) is 0. The minimum Gasteiger partial charge on any atom is -0.312 e. The molecular formula is C14H26N2S. The summed E-state index contributed by atoms with van der Waals surface area (Å²) in [5, 5.41) is 3.66. The largest absolute Gasteiger partial charge is 0.312 e. The van der Waals surface area contributed by atoms with Crippen LogP contribution in [-0.2, 0) is 6.42 Å². The molecule has 1 N–H and O–H groups in total. The van der Waals surface area contributed by atoms with Crippen LogP contribution in [0.5, 0.6) is 0 Å². The standard InChI is InChI=1S/C14H26N2S/c1-6-14(7-2,10-16-13(3,4)5)8-12-9-15-11-17-12/h9,11,16H,6-8,10H2,1-5H3. The molecule has 1 heterocycles. The fourth-order valence-corrected chi connectivity index (χ4v) is 2.73. The van der Waals surface area contributed by atoms with E-state index >= 15 is 0 Å². The first-order valence-corrected chi connectivity index (χ1v) is 7.41. The number of thiazole rings is 1. The smallest absolute Gasteiger partial charge is 0.0794 e. The first kappa shape index (κ1) is 14.7. The summed E-state index contributed by atoms with van der Waals surface area (Å²) >= 11 is 1.77. The minimum absolute atomic E-state index is 0.198. The molecule has 1 aromatic heterocycles. The third-order valence-corrected chi connectivity index (χ3v) is 4.31. The number of aromatic nitrogens is 1. The van der Waals surface area contributed by atoms with Crippen LogP contribution in [0.3, 0.4) is 0 Å². The second-order valence-electron chi connectivity index (χ2n) is 5.96. The lowest BCUT2D eigenvalue weighted by molar-refractivity contribution is 0.221. The van der Waals surface area contributed by atoms with Crippen molar-refractivity contribution in [1.82, 2.24) is 10.3 Å². The number of rotatable bonds is 6. The second-order valence-corrected chi connectivity index (χ2v) is 6.93. The summed E-state index contributed by atoms with van der Waals surface area (Å²) in [5.41, 5.74) is 2.51. The number of nitrogens with zero attached hydrogens (tertiary/aromatic N) is 1. The zero-order valence-electron chi connectivity index (χ0n) is 11.8. The van der Waals surface area contributed by atoms with Gasteiger partial charge in [0, 0.05) is 23.2 Å². The fraction of sp³-hybridized carbons (Fsp3) is 0.786. The highest BCUT2D eigenvalue weighted by Crippen LogP contribution is 2.32. The predicted molar refractivity (Wildman–Crippen MR) is 76.6 cm³/mol. The molecule has 17 heavy (non-hydrogen) atoms. The van der Waals surface area contributed by atoms with Crippen LogP contribution in [0, 0.1) is 5.41 Å². The van der Waals surface area contributed by atoms with E-state index < -0.39 is 0 Å². The Kier molecular flexibility index (Phi) is 5.14. The van der Waals surface area contributed by atoms with Gasteiger partial charge in [0.05, 0.1) is 5.51 Å². The van der Waals surface area contributed by atoms with Gasteiger partial charge in [0.15, 0.2) is 0 Å². The van der Waals surface area contributed by atoms with Crippen LogP contribution in [0.25, 0.3) is 0 Å². The second kappa shape index (κ2) is 5.96. The summed E-state index contributed by atoms with van der Waals surface area (Å²) in [6, 6.07) is 0. The molecule has 0 amide bonds. The number of hydrogen-bond acceptors (Lipinski definition) is 3. The van der Waals surface area contributed by atoms with E-state index in [1.165, 1.54) is 17.7 Å². The van der Waals surface area contributed by atoms with E-state index in [9.17, 15) is 0 Å². The molecule has 0 aliphatic heterocycles. The summed E-state index contributed by atoms with van der Waals surface area (Å²) in [6.45, 7) is 12.4. The SMILES string of the molecule is CCC(CC)(CNC(C)(C)C)Cc1cncs1. The van der Waals surface area contributed by atoms with E-state index in [1.54, 1.807) is 11.3 Å². The van der Waals surface area contributed by atoms with Crippen LogP contribution in [0.1, 0.15) is 52.3 Å². The maximum absolute atomic E-state index is 4.18. The van der Waals surface area contributed by atoms with Crippen molar-refractivity contribution < 1.29 is 0 Å². The van der Waals surface area contributed by atoms with E-state index in [0.29, 0.717) is 5.41 Å². The first-order chi connectivity index (χ1) is 7.91. The van der Waals surface area contributed by atoms with Crippen LogP contribution < -0.4 is 5.32 Å². The van der Waals surface area contributed by atoms with Crippen molar-refractivity contribution in [3.05, 3.63) is 16.6 Å². The third-order valence-electron chi connectivity index (χ3n) is 3.53. The van der Waals surface area contributed by atoms with Gasteiger partial charge >= 0.3 is 0 Å². The average Bonchev–Trinajstić information content (AvgIpc) is 2.76. The maximum Gasteiger partial charge on any atom is 0.0794 e. The quantitative estimate of drug-likeness (QED) is 0.833. The molecule has 0 saturated heterocycles. The molecule has 0 bridgehead atoms. The predicted octanol–water partition coefficient (Wildman–Crippen LogP) is 3.88. The van der Waals surface area contributed by atoms with Crippen LogP contribution >= 0.6 is 11.3 Å². The molecule has 0 spiro atoms. The van der Waals surface area contributed by atoms with Gasteiger partial charge in [-0.2, -0.15) is 0 Å². The van der Waals surface area contributed by atoms with Crippen LogP contribution in [0.4, 0.5) is 0 Å². The summed E-state index contributed by atoms with van der Waals surface area (Å²) in [6.07, 6.45) is 5.59. The molecule has 3 heteroatoms. The zero-order valence-corrected chi connectivity index (χ0v) is 12.7. The van der Waals surface area contributed by atoms with Crippen molar-refractivity contribution in [1.29, 1.82) is 0 Å². The Hall–Kier alpha value is -0.410. The van der Waals surface area contributed by atoms with E-state index in [0.717, 1.165) is 13.0 Å². The van der Waals surface area contributed by atoms with Crippen molar-refractivity contribution in [2.45, 2.75) is 59.4 Å². The van der Waals surface area contributed by atoms with E-state index in [-0.39, 0.29) is 5.54 Å². The Morgan fingerprint density at radius 2 is 1.88 bits per heavy atom. The van der Waals surface area contributed by atoms with Crippen LogP contribution in [-0.4, -0.2) is 17.1 Å². The molecule has 0 aliphatic carbocycles. The Labute approximate surface area is 110 Å². The Balaban J connectivity index is 2.68. The molecule has 1 aromatic rings. The van der Waals surface area contributed by atoms with Crippen molar-refractivity contribution in [3.63, 3.8) is 0 Å². The third kappa shape index (κ3) is 4.76. The Bertz CT molecular complexity index is 307. The molecule has 2 nitrogen and oxygen atoms in total. The van der Waals surface area contributed by atoms with Gasteiger partial charge in [-0.15, -0.1) is 11.3 Å².